The van der Waals surface area contributed by atoms with E-state index < -0.39 is 0 Å². The van der Waals surface area contributed by atoms with Crippen LogP contribution >= 0.6 is 0 Å². The minimum atomic E-state index is 1.07. The molecule has 1 nitrogen and oxygen atoms in total. The van der Waals surface area contributed by atoms with Crippen molar-refractivity contribution in [1.82, 2.24) is 4.90 Å². The minimum Gasteiger partial charge on any atom is -0.306 e. The lowest BCUT2D eigenvalue weighted by Crippen LogP contribution is -2.32. The molecule has 1 heteroatoms. The summed E-state index contributed by atoms with van der Waals surface area (Å²) in [4.78, 5) is 2.49. The van der Waals surface area contributed by atoms with Gasteiger partial charge >= 0.3 is 0 Å². The molecular weight excluding hydrogens is 122 g/mol. The van der Waals surface area contributed by atoms with Crippen molar-refractivity contribution < 1.29 is 0 Å². The summed E-state index contributed by atoms with van der Waals surface area (Å²) < 4.78 is 0. The molecule has 0 spiro atoms. The van der Waals surface area contributed by atoms with Gasteiger partial charge in [0.2, 0.25) is 0 Å². The second-order valence-electron chi connectivity index (χ2n) is 4.00. The van der Waals surface area contributed by atoms with E-state index in [1.165, 1.54) is 38.8 Å². The summed E-state index contributed by atoms with van der Waals surface area (Å²) in [5.74, 6) is 2.20. The summed E-state index contributed by atoms with van der Waals surface area (Å²) in [7, 11) is 2.26. The molecule has 1 aliphatic carbocycles. The Bertz CT molecular complexity index is 118. The first kappa shape index (κ1) is 6.66. The SMILES string of the molecule is CN1CCCC(C2CC2)C1. The second-order valence-corrected chi connectivity index (χ2v) is 4.00. The van der Waals surface area contributed by atoms with E-state index in [2.05, 4.69) is 11.9 Å². The largest absolute Gasteiger partial charge is 0.306 e. The molecule has 2 aliphatic rings. The summed E-state index contributed by atoms with van der Waals surface area (Å²) in [5, 5.41) is 0. The van der Waals surface area contributed by atoms with E-state index in [0.29, 0.717) is 0 Å². The highest BCUT2D eigenvalue weighted by Gasteiger charge is 2.32. The molecule has 2 fully saturated rings. The Morgan fingerprint density at radius 3 is 2.50 bits per heavy atom. The lowest BCUT2D eigenvalue weighted by atomic mass is 9.94. The van der Waals surface area contributed by atoms with E-state index in [1.54, 1.807) is 0 Å². The van der Waals surface area contributed by atoms with Crippen LogP contribution in [-0.4, -0.2) is 25.0 Å². The Balaban J connectivity index is 1.84. The van der Waals surface area contributed by atoms with Crippen LogP contribution in [-0.2, 0) is 0 Å². The van der Waals surface area contributed by atoms with Gasteiger partial charge in [-0.2, -0.15) is 0 Å². The molecule has 1 unspecified atom stereocenters. The van der Waals surface area contributed by atoms with Crippen molar-refractivity contribution in [3.05, 3.63) is 0 Å². The van der Waals surface area contributed by atoms with Gasteiger partial charge in [0.05, 0.1) is 0 Å². The van der Waals surface area contributed by atoms with E-state index in [9.17, 15) is 0 Å². The third kappa shape index (κ3) is 1.34. The molecule has 0 amide bonds. The zero-order chi connectivity index (χ0) is 6.97. The second kappa shape index (κ2) is 2.54. The maximum Gasteiger partial charge on any atom is 0.000926 e. The highest BCUT2D eigenvalue weighted by Crippen LogP contribution is 2.40. The van der Waals surface area contributed by atoms with Crippen molar-refractivity contribution >= 4 is 0 Å². The van der Waals surface area contributed by atoms with Crippen LogP contribution in [0.2, 0.25) is 0 Å². The Hall–Kier alpha value is -0.0400. The predicted molar refractivity (Wildman–Crippen MR) is 42.9 cm³/mol. The third-order valence-electron chi connectivity index (χ3n) is 2.95. The molecule has 1 saturated carbocycles. The molecule has 1 saturated heterocycles. The van der Waals surface area contributed by atoms with Gasteiger partial charge in [0.1, 0.15) is 0 Å². The molecule has 58 valence electrons. The van der Waals surface area contributed by atoms with Gasteiger partial charge in [0, 0.05) is 6.54 Å². The third-order valence-corrected chi connectivity index (χ3v) is 2.95. The molecule has 0 aromatic heterocycles. The molecule has 1 atom stereocenters. The minimum absolute atomic E-state index is 1.07. The number of likely N-dealkylation sites (tertiary alicyclic amines) is 1. The Labute approximate surface area is 63.4 Å². The van der Waals surface area contributed by atoms with Crippen molar-refractivity contribution in [3.8, 4) is 0 Å². The topological polar surface area (TPSA) is 3.24 Å². The number of rotatable bonds is 1. The summed E-state index contributed by atoms with van der Waals surface area (Å²) in [6, 6.07) is 0. The number of hydrogen-bond acceptors (Lipinski definition) is 1. The van der Waals surface area contributed by atoms with E-state index >= 15 is 0 Å². The van der Waals surface area contributed by atoms with Crippen LogP contribution in [0.15, 0.2) is 0 Å². The molecule has 0 N–H and O–H groups in total. The molecule has 2 rings (SSSR count). The fourth-order valence-corrected chi connectivity index (χ4v) is 2.16. The maximum atomic E-state index is 2.49. The van der Waals surface area contributed by atoms with Gasteiger partial charge in [-0.15, -0.1) is 0 Å². The summed E-state index contributed by atoms with van der Waals surface area (Å²) in [6.07, 6.45) is 6.00. The van der Waals surface area contributed by atoms with Crippen LogP contribution in [0.4, 0.5) is 0 Å². The van der Waals surface area contributed by atoms with Gasteiger partial charge in [0.15, 0.2) is 0 Å². The van der Waals surface area contributed by atoms with Gasteiger partial charge in [-0.3, -0.25) is 0 Å². The highest BCUT2D eigenvalue weighted by atomic mass is 15.1. The van der Waals surface area contributed by atoms with Crippen LogP contribution in [0.1, 0.15) is 25.7 Å². The number of nitrogens with zero attached hydrogens (tertiary/aromatic N) is 1. The van der Waals surface area contributed by atoms with Crippen LogP contribution in [0.5, 0.6) is 0 Å². The normalized spacial score (nSPS) is 36.3. The standard InChI is InChI=1S/C9H17N/c1-10-6-2-3-9(7-10)8-4-5-8/h8-9H,2-7H2,1H3. The lowest BCUT2D eigenvalue weighted by Gasteiger charge is -2.29. The fraction of sp³-hybridized carbons (Fsp3) is 1.00. The molecule has 0 radical (unpaired) electrons. The van der Waals surface area contributed by atoms with Gasteiger partial charge in [-0.1, -0.05) is 0 Å². The van der Waals surface area contributed by atoms with Crippen molar-refractivity contribution in [2.24, 2.45) is 11.8 Å². The summed E-state index contributed by atoms with van der Waals surface area (Å²) in [6.45, 7) is 2.72. The fourth-order valence-electron chi connectivity index (χ4n) is 2.16. The van der Waals surface area contributed by atoms with Gasteiger partial charge in [-0.05, 0) is 51.1 Å². The Kier molecular flexibility index (Phi) is 1.69. The molecular formula is C9H17N. The first-order valence-corrected chi connectivity index (χ1v) is 4.55. The van der Waals surface area contributed by atoms with Crippen LogP contribution < -0.4 is 0 Å². The Morgan fingerprint density at radius 1 is 1.10 bits per heavy atom. The van der Waals surface area contributed by atoms with E-state index in [0.717, 1.165) is 11.8 Å². The molecule has 10 heavy (non-hydrogen) atoms. The smallest absolute Gasteiger partial charge is 0.000926 e. The first-order valence-electron chi connectivity index (χ1n) is 4.55. The van der Waals surface area contributed by atoms with E-state index in [1.807, 2.05) is 0 Å². The highest BCUT2D eigenvalue weighted by molar-refractivity contribution is 4.85. The molecule has 0 aromatic carbocycles. The van der Waals surface area contributed by atoms with Gasteiger partial charge in [-0.25, -0.2) is 0 Å². The molecule has 1 aliphatic heterocycles. The van der Waals surface area contributed by atoms with Crippen molar-refractivity contribution in [3.63, 3.8) is 0 Å². The summed E-state index contributed by atoms with van der Waals surface area (Å²) in [5.41, 5.74) is 0. The first-order chi connectivity index (χ1) is 4.86. The van der Waals surface area contributed by atoms with Crippen molar-refractivity contribution in [2.45, 2.75) is 25.7 Å². The van der Waals surface area contributed by atoms with Crippen LogP contribution in [0, 0.1) is 11.8 Å². The van der Waals surface area contributed by atoms with Crippen molar-refractivity contribution in [1.29, 1.82) is 0 Å². The maximum absolute atomic E-state index is 2.49. The average molecular weight is 139 g/mol. The molecule has 1 heterocycles. The van der Waals surface area contributed by atoms with Crippen LogP contribution in [0.25, 0.3) is 0 Å². The van der Waals surface area contributed by atoms with E-state index in [-0.39, 0.29) is 0 Å². The van der Waals surface area contributed by atoms with Crippen molar-refractivity contribution in [2.75, 3.05) is 20.1 Å². The Morgan fingerprint density at radius 2 is 1.90 bits per heavy atom. The number of hydrogen-bond donors (Lipinski definition) is 0. The quantitative estimate of drug-likeness (QED) is 0.535. The van der Waals surface area contributed by atoms with E-state index in [4.69, 9.17) is 0 Å². The average Bonchev–Trinajstić information content (AvgIpc) is 2.68. The monoisotopic (exact) mass is 139 g/mol. The lowest BCUT2D eigenvalue weighted by molar-refractivity contribution is 0.193. The zero-order valence-electron chi connectivity index (χ0n) is 6.84. The predicted octanol–water partition coefficient (Wildman–Crippen LogP) is 1.74. The molecule has 0 bridgehead atoms. The zero-order valence-corrected chi connectivity index (χ0v) is 6.84. The van der Waals surface area contributed by atoms with Crippen LogP contribution in [0.3, 0.4) is 0 Å². The van der Waals surface area contributed by atoms with Gasteiger partial charge in [0.25, 0.3) is 0 Å². The number of piperidine rings is 1. The molecule has 0 aromatic rings. The summed E-state index contributed by atoms with van der Waals surface area (Å²) >= 11 is 0. The van der Waals surface area contributed by atoms with Gasteiger partial charge < -0.3 is 4.90 Å².